The van der Waals surface area contributed by atoms with E-state index in [4.69, 9.17) is 9.47 Å². The van der Waals surface area contributed by atoms with Gasteiger partial charge in [0.2, 0.25) is 0 Å². The molecule has 0 radical (unpaired) electrons. The number of esters is 1. The Balaban J connectivity index is 1.71. The van der Waals surface area contributed by atoms with Crippen LogP contribution in [0, 0.1) is 5.92 Å². The normalized spacial score (nSPS) is 18.3. The zero-order valence-electron chi connectivity index (χ0n) is 17.1. The molecule has 3 aromatic rings. The van der Waals surface area contributed by atoms with Gasteiger partial charge in [-0.1, -0.05) is 97.1 Å². The van der Waals surface area contributed by atoms with Crippen LogP contribution in [-0.4, -0.2) is 18.7 Å². The van der Waals surface area contributed by atoms with E-state index in [2.05, 4.69) is 42.5 Å². The summed E-state index contributed by atoms with van der Waals surface area (Å²) in [7, 11) is 0. The number of hydrogen-bond acceptors (Lipinski definition) is 3. The maximum atomic E-state index is 11.3. The minimum Gasteiger partial charge on any atom is -0.458 e. The van der Waals surface area contributed by atoms with Gasteiger partial charge in [0.15, 0.2) is 0 Å². The van der Waals surface area contributed by atoms with Gasteiger partial charge in [-0.05, 0) is 29.2 Å². The molecule has 3 heteroatoms. The summed E-state index contributed by atoms with van der Waals surface area (Å²) < 4.78 is 12.2. The van der Waals surface area contributed by atoms with Crippen molar-refractivity contribution >= 4 is 5.97 Å². The van der Waals surface area contributed by atoms with E-state index in [0.717, 1.165) is 23.1 Å². The quantitative estimate of drug-likeness (QED) is 0.299. The molecule has 1 aliphatic carbocycles. The van der Waals surface area contributed by atoms with Crippen molar-refractivity contribution in [2.45, 2.75) is 25.0 Å². The standard InChI is InChI=1S/C27H26O3/c1-21(28)30-26-18-17-22(19-26)20-29-27(23-11-5-2-6-12-23,24-13-7-3-8-14-24)25-15-9-4-10-16-25/h2-18,22,26H,19-20H2,1H3. The summed E-state index contributed by atoms with van der Waals surface area (Å²) in [6, 6.07) is 31.1. The van der Waals surface area contributed by atoms with Gasteiger partial charge in [0.1, 0.15) is 11.7 Å². The van der Waals surface area contributed by atoms with Gasteiger partial charge in [0.25, 0.3) is 0 Å². The summed E-state index contributed by atoms with van der Waals surface area (Å²) in [5.41, 5.74) is 2.53. The molecule has 0 bridgehead atoms. The number of carbonyl (C=O) groups is 1. The van der Waals surface area contributed by atoms with Gasteiger partial charge in [0, 0.05) is 12.8 Å². The molecule has 1 aliphatic rings. The van der Waals surface area contributed by atoms with E-state index in [1.165, 1.54) is 6.92 Å². The Kier molecular flexibility index (Phi) is 6.10. The molecular formula is C27H26O3. The highest BCUT2D eigenvalue weighted by Crippen LogP contribution is 2.41. The number of rotatable bonds is 7. The largest absolute Gasteiger partial charge is 0.458 e. The molecule has 0 amide bonds. The Labute approximate surface area is 178 Å². The Hall–Kier alpha value is -3.17. The van der Waals surface area contributed by atoms with Crippen LogP contribution in [0.2, 0.25) is 0 Å². The van der Waals surface area contributed by atoms with Gasteiger partial charge in [-0.25, -0.2) is 0 Å². The minimum absolute atomic E-state index is 0.171. The van der Waals surface area contributed by atoms with E-state index >= 15 is 0 Å². The summed E-state index contributed by atoms with van der Waals surface area (Å²) in [5, 5.41) is 0. The number of benzene rings is 3. The smallest absolute Gasteiger partial charge is 0.303 e. The highest BCUT2D eigenvalue weighted by Gasteiger charge is 2.38. The summed E-state index contributed by atoms with van der Waals surface area (Å²) >= 11 is 0. The van der Waals surface area contributed by atoms with Crippen LogP contribution in [0.25, 0.3) is 0 Å². The second-order valence-corrected chi connectivity index (χ2v) is 7.62. The van der Waals surface area contributed by atoms with E-state index in [9.17, 15) is 4.79 Å². The van der Waals surface area contributed by atoms with Crippen LogP contribution in [0.4, 0.5) is 0 Å². The van der Waals surface area contributed by atoms with Crippen molar-refractivity contribution in [3.63, 3.8) is 0 Å². The van der Waals surface area contributed by atoms with Gasteiger partial charge in [-0.2, -0.15) is 0 Å². The van der Waals surface area contributed by atoms with Crippen LogP contribution in [-0.2, 0) is 19.9 Å². The molecule has 2 atom stereocenters. The second-order valence-electron chi connectivity index (χ2n) is 7.62. The maximum Gasteiger partial charge on any atom is 0.303 e. The lowest BCUT2D eigenvalue weighted by Crippen LogP contribution is -2.34. The van der Waals surface area contributed by atoms with Crippen LogP contribution in [0.1, 0.15) is 30.0 Å². The maximum absolute atomic E-state index is 11.3. The molecule has 0 fully saturated rings. The molecule has 3 aromatic carbocycles. The van der Waals surface area contributed by atoms with Gasteiger partial charge in [0.05, 0.1) is 6.61 Å². The predicted octanol–water partition coefficient (Wildman–Crippen LogP) is 5.50. The first-order chi connectivity index (χ1) is 14.7. The molecule has 0 saturated carbocycles. The molecule has 0 saturated heterocycles. The van der Waals surface area contributed by atoms with Crippen LogP contribution in [0.3, 0.4) is 0 Å². The molecule has 0 N–H and O–H groups in total. The van der Waals surface area contributed by atoms with Gasteiger partial charge in [-0.15, -0.1) is 0 Å². The molecule has 30 heavy (non-hydrogen) atoms. The average molecular weight is 399 g/mol. The van der Waals surface area contributed by atoms with E-state index in [1.807, 2.05) is 60.7 Å². The van der Waals surface area contributed by atoms with Crippen molar-refractivity contribution in [1.29, 1.82) is 0 Å². The summed E-state index contributed by atoms with van der Waals surface area (Å²) in [5.74, 6) is -0.0664. The zero-order chi connectivity index (χ0) is 20.8. The van der Waals surface area contributed by atoms with Crippen molar-refractivity contribution in [3.8, 4) is 0 Å². The lowest BCUT2D eigenvalue weighted by molar-refractivity contribution is -0.144. The first-order valence-electron chi connectivity index (χ1n) is 10.3. The topological polar surface area (TPSA) is 35.5 Å². The third-order valence-electron chi connectivity index (χ3n) is 5.51. The molecule has 152 valence electrons. The third-order valence-corrected chi connectivity index (χ3v) is 5.51. The van der Waals surface area contributed by atoms with Gasteiger partial charge >= 0.3 is 5.97 Å². The molecule has 3 nitrogen and oxygen atoms in total. The summed E-state index contributed by atoms with van der Waals surface area (Å²) in [6.07, 6.45) is 4.63. The molecule has 0 spiro atoms. The second kappa shape index (κ2) is 9.10. The fraction of sp³-hybridized carbons (Fsp3) is 0.222. The molecular weight excluding hydrogens is 372 g/mol. The number of hydrogen-bond donors (Lipinski definition) is 0. The van der Waals surface area contributed by atoms with Crippen LogP contribution in [0.5, 0.6) is 0 Å². The highest BCUT2D eigenvalue weighted by atomic mass is 16.5. The SMILES string of the molecule is CC(=O)OC1C=CC(COC(c2ccccc2)(c2ccccc2)c2ccccc2)C1. The Morgan fingerprint density at radius 1 is 0.800 bits per heavy atom. The lowest BCUT2D eigenvalue weighted by Gasteiger charge is -2.36. The zero-order valence-corrected chi connectivity index (χ0v) is 17.1. The molecule has 4 rings (SSSR count). The molecule has 0 heterocycles. The fourth-order valence-corrected chi connectivity index (χ4v) is 4.16. The van der Waals surface area contributed by atoms with Crippen molar-refractivity contribution in [2.24, 2.45) is 5.92 Å². The monoisotopic (exact) mass is 398 g/mol. The van der Waals surface area contributed by atoms with E-state index in [0.29, 0.717) is 6.61 Å². The molecule has 0 aliphatic heterocycles. The first-order valence-corrected chi connectivity index (χ1v) is 10.3. The van der Waals surface area contributed by atoms with E-state index in [1.54, 1.807) is 0 Å². The van der Waals surface area contributed by atoms with E-state index in [-0.39, 0.29) is 18.0 Å². The van der Waals surface area contributed by atoms with Crippen molar-refractivity contribution in [1.82, 2.24) is 0 Å². The third kappa shape index (κ3) is 4.22. The predicted molar refractivity (Wildman–Crippen MR) is 118 cm³/mol. The Bertz CT molecular complexity index is 884. The average Bonchev–Trinajstić information content (AvgIpc) is 3.23. The number of ether oxygens (including phenoxy) is 2. The van der Waals surface area contributed by atoms with Crippen molar-refractivity contribution < 1.29 is 14.3 Å². The van der Waals surface area contributed by atoms with Crippen LogP contribution >= 0.6 is 0 Å². The van der Waals surface area contributed by atoms with Gasteiger partial charge < -0.3 is 9.47 Å². The number of carbonyl (C=O) groups excluding carboxylic acids is 1. The Morgan fingerprint density at radius 3 is 1.70 bits per heavy atom. The van der Waals surface area contributed by atoms with E-state index < -0.39 is 5.60 Å². The van der Waals surface area contributed by atoms with Crippen molar-refractivity contribution in [2.75, 3.05) is 6.61 Å². The van der Waals surface area contributed by atoms with Crippen LogP contribution in [0.15, 0.2) is 103 Å². The lowest BCUT2D eigenvalue weighted by atomic mass is 9.80. The van der Waals surface area contributed by atoms with Gasteiger partial charge in [-0.3, -0.25) is 4.79 Å². The molecule has 0 aromatic heterocycles. The highest BCUT2D eigenvalue weighted by molar-refractivity contribution is 5.66. The minimum atomic E-state index is -0.725. The fourth-order valence-electron chi connectivity index (χ4n) is 4.16. The van der Waals surface area contributed by atoms with Crippen molar-refractivity contribution in [3.05, 3.63) is 120 Å². The first kappa shape index (κ1) is 20.1. The summed E-state index contributed by atoms with van der Waals surface area (Å²) in [6.45, 7) is 1.97. The Morgan fingerprint density at radius 2 is 1.27 bits per heavy atom. The molecule has 2 unspecified atom stereocenters. The summed E-state index contributed by atoms with van der Waals surface area (Å²) in [4.78, 5) is 11.3. The van der Waals surface area contributed by atoms with Crippen LogP contribution < -0.4 is 0 Å².